The molecule has 88 heavy (non-hydrogen) atoms. The van der Waals surface area contributed by atoms with Crippen molar-refractivity contribution in [3.63, 3.8) is 0 Å². The van der Waals surface area contributed by atoms with E-state index in [2.05, 4.69) is 283 Å². The van der Waals surface area contributed by atoms with Crippen LogP contribution in [0.3, 0.4) is 0 Å². The van der Waals surface area contributed by atoms with Gasteiger partial charge in [0.25, 0.3) is 0 Å². The minimum atomic E-state index is -0.358. The van der Waals surface area contributed by atoms with Crippen molar-refractivity contribution in [3.05, 3.63) is 275 Å². The average Bonchev–Trinajstić information content (AvgIpc) is 1.51. The van der Waals surface area contributed by atoms with E-state index in [0.29, 0.717) is 0 Å². The number of furan rings is 1. The Bertz CT molecular complexity index is 5510. The Hall–Kier alpha value is -9.96. The molecule has 0 atom stereocenters. The van der Waals surface area contributed by atoms with Crippen molar-refractivity contribution in [2.75, 3.05) is 0 Å². The number of aromatic nitrogens is 2. The first kappa shape index (κ1) is 51.3. The standard InChI is InChI=1S/C85H66N2O/c1-11-24-68-54(12-2)60-47-53(41-44-69(60)88-68)87-67-46-51(37-42-59(67)75-76-70(55-27-16-20-31-62(55)82(76,3)4)72-57-29-18-22-33-64(57)84(7,8)78(72)81(75)87)50-38-43-65-61(45-50)73-71-56-28-17-21-32-63(56)83(5,6)77(71)74-58-30-19-23-34-66(58)86(80(74)79(73)85(65,9)10)52-39-35-49(36-40-52)48-25-14-13-15-26-48/h11-47H,2H2,1,3-10H3/b24-11-. The molecular formula is C85H66N2O. The Morgan fingerprint density at radius 2 is 0.830 bits per heavy atom. The van der Waals surface area contributed by atoms with Crippen LogP contribution in [0.25, 0.3) is 145 Å². The lowest BCUT2D eigenvalue weighted by Crippen LogP contribution is -2.19. The monoisotopic (exact) mass is 1130 g/mol. The number of benzene rings is 11. The Labute approximate surface area is 514 Å². The molecule has 0 aliphatic heterocycles. The lowest BCUT2D eigenvalue weighted by atomic mass is 9.76. The van der Waals surface area contributed by atoms with E-state index in [1.54, 1.807) is 0 Å². The molecule has 0 amide bonds. The number of fused-ring (bicyclic) bond motifs is 25. The molecule has 0 saturated carbocycles. The summed E-state index contributed by atoms with van der Waals surface area (Å²) < 4.78 is 11.8. The zero-order valence-electron chi connectivity index (χ0n) is 51.4. The van der Waals surface area contributed by atoms with Crippen LogP contribution in [0.4, 0.5) is 0 Å². The molecule has 4 aliphatic rings. The van der Waals surface area contributed by atoms with E-state index in [1.165, 1.54) is 161 Å². The molecule has 3 aromatic heterocycles. The fourth-order valence-electron chi connectivity index (χ4n) is 17.7. The molecule has 0 saturated heterocycles. The highest BCUT2D eigenvalue weighted by atomic mass is 16.3. The first-order valence-electron chi connectivity index (χ1n) is 31.4. The molecule has 3 heterocycles. The maximum atomic E-state index is 6.58. The largest absolute Gasteiger partial charge is 0.456 e. The molecular weight excluding hydrogens is 1060 g/mol. The SMILES string of the molecule is C=Cc1c(/C=C\C)oc2ccc(-n3c4cc(-c5ccc6c(c5)-c5c7c(c8c9ccccc9n(-c9ccc(-c%10ccccc%10)cc9)c8c5C6(C)C)C(C)(C)c5ccccc5-7)ccc4c4c5c(c6c(c43)C(C)(C)c3ccccc3-6)-c3ccccc3C5(C)C)cc12. The number of hydrogen-bond acceptors (Lipinski definition) is 1. The fourth-order valence-corrected chi connectivity index (χ4v) is 17.7. The summed E-state index contributed by atoms with van der Waals surface area (Å²) in [5, 5.41) is 6.29. The van der Waals surface area contributed by atoms with Crippen LogP contribution in [0.2, 0.25) is 0 Å². The van der Waals surface area contributed by atoms with Gasteiger partial charge in [-0.1, -0.05) is 232 Å². The quantitative estimate of drug-likeness (QED) is 0.163. The number of nitrogens with zero attached hydrogens (tertiary/aromatic N) is 2. The van der Waals surface area contributed by atoms with Crippen molar-refractivity contribution in [2.45, 2.75) is 84.0 Å². The lowest BCUT2D eigenvalue weighted by Gasteiger charge is -2.27. The predicted octanol–water partition coefficient (Wildman–Crippen LogP) is 22.9. The van der Waals surface area contributed by atoms with Gasteiger partial charge in [-0.15, -0.1) is 0 Å². The molecule has 14 aromatic rings. The number of hydrogen-bond donors (Lipinski definition) is 0. The van der Waals surface area contributed by atoms with E-state index in [4.69, 9.17) is 4.42 Å². The summed E-state index contributed by atoms with van der Waals surface area (Å²) in [7, 11) is 0. The molecule has 0 N–H and O–H groups in total. The molecule has 422 valence electrons. The second-order valence-electron chi connectivity index (χ2n) is 27.4. The molecule has 0 bridgehead atoms. The smallest absolute Gasteiger partial charge is 0.135 e. The van der Waals surface area contributed by atoms with Crippen molar-refractivity contribution in [3.8, 4) is 78.1 Å². The van der Waals surface area contributed by atoms with Gasteiger partial charge < -0.3 is 13.6 Å². The molecule has 0 unspecified atom stereocenters. The number of para-hydroxylation sites is 1. The second kappa shape index (κ2) is 17.4. The molecule has 3 nitrogen and oxygen atoms in total. The Morgan fingerprint density at radius 1 is 0.375 bits per heavy atom. The molecule has 0 radical (unpaired) electrons. The maximum absolute atomic E-state index is 6.58. The number of rotatable bonds is 6. The second-order valence-corrected chi connectivity index (χ2v) is 27.4. The summed E-state index contributed by atoms with van der Waals surface area (Å²) in [5.41, 5.74) is 34.6. The van der Waals surface area contributed by atoms with Gasteiger partial charge in [0.1, 0.15) is 11.3 Å². The van der Waals surface area contributed by atoms with Crippen LogP contribution in [0.5, 0.6) is 0 Å². The third-order valence-corrected chi connectivity index (χ3v) is 21.5. The van der Waals surface area contributed by atoms with Crippen LogP contribution >= 0.6 is 0 Å². The highest BCUT2D eigenvalue weighted by molar-refractivity contribution is 6.22. The van der Waals surface area contributed by atoms with Crippen LogP contribution in [-0.4, -0.2) is 9.13 Å². The molecule has 3 heteroatoms. The topological polar surface area (TPSA) is 23.0 Å². The minimum Gasteiger partial charge on any atom is -0.456 e. The van der Waals surface area contributed by atoms with Gasteiger partial charge in [0.05, 0.1) is 22.1 Å². The van der Waals surface area contributed by atoms with E-state index < -0.39 is 0 Å². The molecule has 4 aliphatic carbocycles. The van der Waals surface area contributed by atoms with E-state index >= 15 is 0 Å². The van der Waals surface area contributed by atoms with E-state index in [-0.39, 0.29) is 21.7 Å². The fraction of sp³-hybridized carbons (Fsp3) is 0.153. The van der Waals surface area contributed by atoms with Crippen LogP contribution in [0.15, 0.2) is 223 Å². The van der Waals surface area contributed by atoms with Gasteiger partial charge in [-0.25, -0.2) is 0 Å². The summed E-state index contributed by atoms with van der Waals surface area (Å²) in [4.78, 5) is 0. The van der Waals surface area contributed by atoms with Crippen molar-refractivity contribution < 1.29 is 4.42 Å². The summed E-state index contributed by atoms with van der Waals surface area (Å²) in [6.45, 7) is 26.1. The first-order valence-corrected chi connectivity index (χ1v) is 31.4. The van der Waals surface area contributed by atoms with Gasteiger partial charge in [-0.3, -0.25) is 0 Å². The van der Waals surface area contributed by atoms with Crippen molar-refractivity contribution in [2.24, 2.45) is 0 Å². The first-order chi connectivity index (χ1) is 42.6. The Balaban J connectivity index is 0.939. The van der Waals surface area contributed by atoms with Crippen LogP contribution in [0.1, 0.15) is 118 Å². The van der Waals surface area contributed by atoms with E-state index in [1.807, 2.05) is 19.1 Å². The zero-order chi connectivity index (χ0) is 59.7. The minimum absolute atomic E-state index is 0.277. The van der Waals surface area contributed by atoms with Crippen LogP contribution in [-0.2, 0) is 21.7 Å². The van der Waals surface area contributed by atoms with Crippen molar-refractivity contribution in [1.82, 2.24) is 9.13 Å². The average molecular weight is 1130 g/mol. The van der Waals surface area contributed by atoms with Gasteiger partial charge >= 0.3 is 0 Å². The van der Waals surface area contributed by atoms with Gasteiger partial charge in [0.15, 0.2) is 0 Å². The van der Waals surface area contributed by atoms with Gasteiger partial charge in [-0.05, 0) is 173 Å². The maximum Gasteiger partial charge on any atom is 0.135 e. The summed E-state index contributed by atoms with van der Waals surface area (Å²) in [6.07, 6.45) is 6.05. The highest BCUT2D eigenvalue weighted by Gasteiger charge is 2.50. The highest BCUT2D eigenvalue weighted by Crippen LogP contribution is 2.66. The van der Waals surface area contributed by atoms with E-state index in [9.17, 15) is 0 Å². The van der Waals surface area contributed by atoms with Crippen molar-refractivity contribution in [1.29, 1.82) is 0 Å². The molecule has 0 fully saturated rings. The van der Waals surface area contributed by atoms with E-state index in [0.717, 1.165) is 28.0 Å². The summed E-state index contributed by atoms with van der Waals surface area (Å²) in [6, 6.07) is 78.5. The zero-order valence-corrected chi connectivity index (χ0v) is 51.4. The van der Waals surface area contributed by atoms with Crippen molar-refractivity contribution >= 4 is 66.7 Å². The lowest BCUT2D eigenvalue weighted by molar-refractivity contribution is 0.603. The van der Waals surface area contributed by atoms with Gasteiger partial charge in [0.2, 0.25) is 0 Å². The Kier molecular flexibility index (Phi) is 10.1. The normalized spacial score (nSPS) is 15.7. The van der Waals surface area contributed by atoms with Crippen LogP contribution < -0.4 is 0 Å². The molecule has 18 rings (SSSR count). The third-order valence-electron chi connectivity index (χ3n) is 21.5. The predicted molar refractivity (Wildman–Crippen MR) is 371 cm³/mol. The van der Waals surface area contributed by atoms with Crippen LogP contribution in [0, 0.1) is 0 Å². The summed E-state index contributed by atoms with van der Waals surface area (Å²) in [5.74, 6) is 0.822. The third kappa shape index (κ3) is 6.33. The molecule has 11 aromatic carbocycles. The molecule has 0 spiro atoms. The van der Waals surface area contributed by atoms with Gasteiger partial charge in [-0.2, -0.15) is 0 Å². The summed E-state index contributed by atoms with van der Waals surface area (Å²) >= 11 is 0. The van der Waals surface area contributed by atoms with Gasteiger partial charge in [0, 0.05) is 65.5 Å². The Morgan fingerprint density at radius 3 is 1.43 bits per heavy atom. The number of allylic oxidation sites excluding steroid dienone is 1.